The Labute approximate surface area is 91.5 Å². The molecule has 0 amide bonds. The van der Waals surface area contributed by atoms with E-state index in [1.54, 1.807) is 0 Å². The van der Waals surface area contributed by atoms with Crippen LogP contribution in [0.15, 0.2) is 21.9 Å². The van der Waals surface area contributed by atoms with Gasteiger partial charge in [-0.1, -0.05) is 0 Å². The van der Waals surface area contributed by atoms with Crippen molar-refractivity contribution in [1.29, 1.82) is 0 Å². The minimum atomic E-state index is -4.58. The zero-order chi connectivity index (χ0) is 12.8. The van der Waals surface area contributed by atoms with Crippen LogP contribution in [0.25, 0.3) is 11.0 Å². The average molecular weight is 245 g/mol. The van der Waals surface area contributed by atoms with Crippen molar-refractivity contribution in [2.24, 2.45) is 7.05 Å². The lowest BCUT2D eigenvalue weighted by Crippen LogP contribution is -2.29. The van der Waals surface area contributed by atoms with Gasteiger partial charge in [-0.2, -0.15) is 13.2 Å². The van der Waals surface area contributed by atoms with Gasteiger partial charge in [0, 0.05) is 13.2 Å². The molecular formula is C9H6F3N3O2. The lowest BCUT2D eigenvalue weighted by atomic mass is 10.2. The van der Waals surface area contributed by atoms with E-state index in [0.717, 1.165) is 4.57 Å². The summed E-state index contributed by atoms with van der Waals surface area (Å²) in [6, 6.07) is 0.667. The third-order valence-corrected chi connectivity index (χ3v) is 2.28. The van der Waals surface area contributed by atoms with Crippen molar-refractivity contribution in [3.05, 3.63) is 38.7 Å². The highest BCUT2D eigenvalue weighted by Crippen LogP contribution is 2.29. The van der Waals surface area contributed by atoms with Crippen LogP contribution in [0.2, 0.25) is 0 Å². The number of aryl methyl sites for hydroxylation is 1. The number of aromatic amines is 1. The van der Waals surface area contributed by atoms with E-state index in [-0.39, 0.29) is 11.0 Å². The lowest BCUT2D eigenvalue weighted by molar-refractivity contribution is -0.137. The first-order chi connectivity index (χ1) is 7.80. The number of nitrogens with zero attached hydrogens (tertiary/aromatic N) is 2. The average Bonchev–Trinajstić information content (AvgIpc) is 2.24. The number of hydrogen-bond donors (Lipinski definition) is 1. The fraction of sp³-hybridized carbons (Fsp3) is 0.222. The van der Waals surface area contributed by atoms with Crippen LogP contribution < -0.4 is 11.2 Å². The topological polar surface area (TPSA) is 67.8 Å². The zero-order valence-electron chi connectivity index (χ0n) is 8.50. The first-order valence-electron chi connectivity index (χ1n) is 4.47. The molecule has 0 radical (unpaired) electrons. The summed E-state index contributed by atoms with van der Waals surface area (Å²) in [7, 11) is 1.31. The molecule has 0 fully saturated rings. The number of pyridine rings is 1. The van der Waals surface area contributed by atoms with E-state index in [0.29, 0.717) is 12.3 Å². The van der Waals surface area contributed by atoms with Gasteiger partial charge in [-0.05, 0) is 6.07 Å². The molecule has 0 aliphatic heterocycles. The van der Waals surface area contributed by atoms with Crippen LogP contribution >= 0.6 is 0 Å². The first-order valence-corrected chi connectivity index (χ1v) is 4.47. The van der Waals surface area contributed by atoms with Gasteiger partial charge in [-0.25, -0.2) is 9.78 Å². The summed E-state index contributed by atoms with van der Waals surface area (Å²) in [6.45, 7) is 0. The summed E-state index contributed by atoms with van der Waals surface area (Å²) in [5.74, 6) is 0. The van der Waals surface area contributed by atoms with Gasteiger partial charge in [-0.3, -0.25) is 14.3 Å². The predicted octanol–water partition coefficient (Wildman–Crippen LogP) is 0.641. The van der Waals surface area contributed by atoms with Crippen LogP contribution in [0.4, 0.5) is 13.2 Å². The van der Waals surface area contributed by atoms with Gasteiger partial charge >= 0.3 is 11.9 Å². The number of aromatic nitrogens is 3. The molecule has 8 heteroatoms. The van der Waals surface area contributed by atoms with E-state index in [1.807, 2.05) is 4.98 Å². The van der Waals surface area contributed by atoms with E-state index in [9.17, 15) is 22.8 Å². The van der Waals surface area contributed by atoms with Crippen LogP contribution in [0.3, 0.4) is 0 Å². The number of hydrogen-bond acceptors (Lipinski definition) is 3. The molecule has 0 saturated carbocycles. The van der Waals surface area contributed by atoms with Crippen molar-refractivity contribution in [3.8, 4) is 0 Å². The summed E-state index contributed by atoms with van der Waals surface area (Å²) >= 11 is 0. The first kappa shape index (κ1) is 11.4. The van der Waals surface area contributed by atoms with Crippen molar-refractivity contribution >= 4 is 11.0 Å². The van der Waals surface area contributed by atoms with Crippen LogP contribution in [-0.4, -0.2) is 14.5 Å². The van der Waals surface area contributed by atoms with E-state index in [4.69, 9.17) is 0 Å². The van der Waals surface area contributed by atoms with Crippen molar-refractivity contribution in [2.45, 2.75) is 6.18 Å². The number of fused-ring (bicyclic) bond motifs is 1. The molecule has 0 bridgehead atoms. The highest BCUT2D eigenvalue weighted by atomic mass is 19.4. The van der Waals surface area contributed by atoms with Gasteiger partial charge in [0.25, 0.3) is 5.56 Å². The Bertz CT molecular complexity index is 699. The third kappa shape index (κ3) is 1.81. The third-order valence-electron chi connectivity index (χ3n) is 2.28. The van der Waals surface area contributed by atoms with Crippen LogP contribution in [0.5, 0.6) is 0 Å². The maximum atomic E-state index is 12.4. The molecule has 0 aliphatic carbocycles. The maximum absolute atomic E-state index is 12.4. The molecule has 2 rings (SSSR count). The normalized spacial score (nSPS) is 12.0. The molecule has 17 heavy (non-hydrogen) atoms. The summed E-state index contributed by atoms with van der Waals surface area (Å²) in [4.78, 5) is 27.9. The number of halogens is 3. The van der Waals surface area contributed by atoms with Crippen molar-refractivity contribution in [3.63, 3.8) is 0 Å². The van der Waals surface area contributed by atoms with Gasteiger partial charge < -0.3 is 0 Å². The van der Waals surface area contributed by atoms with Crippen LogP contribution in [0.1, 0.15) is 5.56 Å². The molecule has 90 valence electrons. The molecule has 0 spiro atoms. The minimum absolute atomic E-state index is 0.0910. The second-order valence-electron chi connectivity index (χ2n) is 3.41. The number of alkyl halides is 3. The van der Waals surface area contributed by atoms with Gasteiger partial charge in [0.1, 0.15) is 5.65 Å². The number of H-pyrrole nitrogens is 1. The van der Waals surface area contributed by atoms with E-state index >= 15 is 0 Å². The van der Waals surface area contributed by atoms with Gasteiger partial charge in [-0.15, -0.1) is 0 Å². The monoisotopic (exact) mass is 245 g/mol. The fourth-order valence-electron chi connectivity index (χ4n) is 1.39. The Morgan fingerprint density at radius 3 is 2.59 bits per heavy atom. The largest absolute Gasteiger partial charge is 0.417 e. The second kappa shape index (κ2) is 3.44. The Hall–Kier alpha value is -2.12. The molecule has 2 heterocycles. The van der Waals surface area contributed by atoms with Crippen LogP contribution in [-0.2, 0) is 13.2 Å². The molecule has 5 nitrogen and oxygen atoms in total. The molecule has 1 N–H and O–H groups in total. The lowest BCUT2D eigenvalue weighted by Gasteiger charge is -2.07. The molecular weight excluding hydrogens is 239 g/mol. The highest BCUT2D eigenvalue weighted by molar-refractivity contribution is 5.74. The second-order valence-corrected chi connectivity index (χ2v) is 3.41. The van der Waals surface area contributed by atoms with E-state index < -0.39 is 23.0 Å². The zero-order valence-corrected chi connectivity index (χ0v) is 8.50. The quantitative estimate of drug-likeness (QED) is 0.740. The molecule has 0 saturated heterocycles. The Morgan fingerprint density at radius 2 is 2.00 bits per heavy atom. The minimum Gasteiger partial charge on any atom is -0.281 e. The maximum Gasteiger partial charge on any atom is 0.417 e. The Morgan fingerprint density at radius 1 is 1.35 bits per heavy atom. The molecule has 2 aromatic heterocycles. The standard InChI is InChI=1S/C9H6F3N3O2/c1-15-6-5(7(16)14-8(15)17)2-4(3-13-6)9(10,11)12/h2-3H,1H3,(H,14,16,17). The molecule has 2 aromatic rings. The molecule has 0 aliphatic rings. The van der Waals surface area contributed by atoms with Gasteiger partial charge in [0.15, 0.2) is 0 Å². The van der Waals surface area contributed by atoms with Gasteiger partial charge in [0.2, 0.25) is 0 Å². The van der Waals surface area contributed by atoms with Crippen molar-refractivity contribution in [1.82, 2.24) is 14.5 Å². The SMILES string of the molecule is Cn1c(=O)[nH]c(=O)c2cc(C(F)(F)F)cnc21. The van der Waals surface area contributed by atoms with Gasteiger partial charge in [0.05, 0.1) is 10.9 Å². The molecule has 0 atom stereocenters. The number of nitrogens with one attached hydrogen (secondary N) is 1. The predicted molar refractivity (Wildman–Crippen MR) is 52.6 cm³/mol. The smallest absolute Gasteiger partial charge is 0.281 e. The summed E-state index contributed by atoms with van der Waals surface area (Å²) in [5.41, 5.74) is -2.74. The van der Waals surface area contributed by atoms with E-state index in [2.05, 4.69) is 4.98 Å². The van der Waals surface area contributed by atoms with Crippen molar-refractivity contribution < 1.29 is 13.2 Å². The molecule has 0 unspecified atom stereocenters. The van der Waals surface area contributed by atoms with Crippen LogP contribution in [0, 0.1) is 0 Å². The summed E-state index contributed by atoms with van der Waals surface area (Å²) in [5, 5.41) is -0.276. The highest BCUT2D eigenvalue weighted by Gasteiger charge is 2.31. The van der Waals surface area contributed by atoms with E-state index in [1.165, 1.54) is 7.05 Å². The Kier molecular flexibility index (Phi) is 2.30. The Balaban J connectivity index is 2.89. The summed E-state index contributed by atoms with van der Waals surface area (Å²) in [6.07, 6.45) is -4.00. The summed E-state index contributed by atoms with van der Waals surface area (Å²) < 4.78 is 38.2. The molecule has 0 aromatic carbocycles. The number of rotatable bonds is 0. The fourth-order valence-corrected chi connectivity index (χ4v) is 1.39. The van der Waals surface area contributed by atoms with Crippen molar-refractivity contribution in [2.75, 3.05) is 0 Å².